The predicted molar refractivity (Wildman–Crippen MR) is 160 cm³/mol. The number of rotatable bonds is 8. The average molecular weight is 606 g/mol. The van der Waals surface area contributed by atoms with E-state index in [9.17, 15) is 25.2 Å². The summed E-state index contributed by atoms with van der Waals surface area (Å²) in [5, 5.41) is 50.1. The lowest BCUT2D eigenvalue weighted by molar-refractivity contribution is -0.201. The second-order valence-corrected chi connectivity index (χ2v) is 15.6. The topological polar surface area (TPSA) is 138 Å². The molecule has 0 bridgehead atoms. The van der Waals surface area contributed by atoms with Crippen LogP contribution < -0.4 is 5.32 Å². The van der Waals surface area contributed by atoms with Crippen LogP contribution in [0.1, 0.15) is 85.5 Å². The van der Waals surface area contributed by atoms with Gasteiger partial charge in [0, 0.05) is 31.7 Å². The second-order valence-electron chi connectivity index (χ2n) is 15.6. The maximum atomic E-state index is 13.8. The summed E-state index contributed by atoms with van der Waals surface area (Å²) in [4.78, 5) is 13.8. The van der Waals surface area contributed by atoms with Crippen LogP contribution in [-0.2, 0) is 19.0 Å². The van der Waals surface area contributed by atoms with E-state index in [4.69, 9.17) is 14.2 Å². The molecular weight excluding hydrogens is 550 g/mol. The first-order valence-electron chi connectivity index (χ1n) is 16.9. The van der Waals surface area contributed by atoms with E-state index in [1.54, 1.807) is 20.1 Å². The van der Waals surface area contributed by atoms with E-state index in [-0.39, 0.29) is 46.9 Å². The summed E-state index contributed by atoms with van der Waals surface area (Å²) in [6.45, 7) is 10.0. The number of aliphatic hydroxyl groups excluding tert-OH is 2. The number of fused-ring (bicyclic) bond motifs is 6. The smallest absolute Gasteiger partial charge is 0.159 e. The van der Waals surface area contributed by atoms with Gasteiger partial charge in [0.05, 0.1) is 23.4 Å². The number of methoxy groups -OCH3 is 1. The molecule has 0 spiro atoms. The third-order valence-electron chi connectivity index (χ3n) is 13.6. The molecule has 5 fully saturated rings. The number of hydrogen-bond acceptors (Lipinski definition) is 9. The zero-order valence-electron chi connectivity index (χ0n) is 26.8. The fourth-order valence-corrected chi connectivity index (χ4v) is 10.9. The van der Waals surface area contributed by atoms with Crippen LogP contribution in [0, 0.1) is 40.4 Å². The molecule has 0 amide bonds. The van der Waals surface area contributed by atoms with Crippen molar-refractivity contribution in [2.75, 3.05) is 26.9 Å². The van der Waals surface area contributed by atoms with E-state index in [1.807, 2.05) is 6.92 Å². The summed E-state index contributed by atoms with van der Waals surface area (Å²) < 4.78 is 17.5. The Bertz CT molecular complexity index is 1100. The quantitative estimate of drug-likeness (QED) is 0.265. The van der Waals surface area contributed by atoms with Gasteiger partial charge in [-0.1, -0.05) is 20.8 Å². The number of ether oxygens (including phenoxy) is 3. The first kappa shape index (κ1) is 32.0. The summed E-state index contributed by atoms with van der Waals surface area (Å²) in [6, 6.07) is 0. The molecule has 0 aromatic carbocycles. The van der Waals surface area contributed by atoms with Gasteiger partial charge in [0.2, 0.25) is 0 Å². The van der Waals surface area contributed by atoms with Crippen LogP contribution in [0.2, 0.25) is 0 Å². The molecule has 2 aliphatic heterocycles. The largest absolute Gasteiger partial charge is 0.387 e. The maximum Gasteiger partial charge on any atom is 0.159 e. The van der Waals surface area contributed by atoms with Gasteiger partial charge in [-0.05, 0) is 112 Å². The number of ketones is 1. The molecule has 9 heteroatoms. The number of carbonyl (C=O) groups is 1. The zero-order valence-corrected chi connectivity index (χ0v) is 26.8. The van der Waals surface area contributed by atoms with Crippen molar-refractivity contribution in [3.63, 3.8) is 0 Å². The first-order valence-corrected chi connectivity index (χ1v) is 16.9. The van der Waals surface area contributed by atoms with E-state index in [0.29, 0.717) is 45.4 Å². The molecule has 3 saturated carbocycles. The lowest BCUT2D eigenvalue weighted by atomic mass is 9.46. The highest BCUT2D eigenvalue weighted by molar-refractivity contribution is 5.95. The molecule has 4 aliphatic carbocycles. The maximum absolute atomic E-state index is 13.8. The monoisotopic (exact) mass is 605 g/mol. The van der Waals surface area contributed by atoms with Crippen LogP contribution in [0.15, 0.2) is 11.6 Å². The van der Waals surface area contributed by atoms with Crippen molar-refractivity contribution in [2.45, 2.75) is 127 Å². The highest BCUT2D eigenvalue weighted by atomic mass is 16.5. The van der Waals surface area contributed by atoms with Crippen LogP contribution in [-0.4, -0.2) is 94.9 Å². The van der Waals surface area contributed by atoms with Gasteiger partial charge in [0.15, 0.2) is 5.78 Å². The molecule has 5 N–H and O–H groups in total. The van der Waals surface area contributed by atoms with E-state index in [2.05, 4.69) is 19.2 Å². The van der Waals surface area contributed by atoms with E-state index >= 15 is 0 Å². The van der Waals surface area contributed by atoms with Crippen molar-refractivity contribution in [2.24, 2.45) is 40.4 Å². The summed E-state index contributed by atoms with van der Waals surface area (Å²) in [7, 11) is 1.69. The minimum Gasteiger partial charge on any atom is -0.387 e. The van der Waals surface area contributed by atoms with Crippen LogP contribution in [0.25, 0.3) is 0 Å². The molecule has 9 nitrogen and oxygen atoms in total. The third kappa shape index (κ3) is 4.82. The normalized spacial score (nSPS) is 49.7. The fourth-order valence-electron chi connectivity index (χ4n) is 10.9. The lowest BCUT2D eigenvalue weighted by Gasteiger charge is -2.60. The predicted octanol–water partition coefficient (Wildman–Crippen LogP) is 2.72. The summed E-state index contributed by atoms with van der Waals surface area (Å²) in [6.07, 6.45) is 5.57. The molecule has 43 heavy (non-hydrogen) atoms. The molecule has 6 aliphatic rings. The Morgan fingerprint density at radius 1 is 1.14 bits per heavy atom. The van der Waals surface area contributed by atoms with Gasteiger partial charge in [0.25, 0.3) is 0 Å². The molecular formula is C34H55NO8. The van der Waals surface area contributed by atoms with E-state index in [0.717, 1.165) is 37.7 Å². The SMILES string of the molecule is COCCCOC1CCC2(C)C(C1)C(=O)C=C1C2CCC2(C)C(C(C)(O)C(O)C3OC4C(O)NCCC4C3C)CCC12O. The van der Waals surface area contributed by atoms with Crippen LogP contribution in [0.5, 0.6) is 0 Å². The fraction of sp³-hybridized carbons (Fsp3) is 0.912. The molecule has 244 valence electrons. The molecule has 6 rings (SSSR count). The van der Waals surface area contributed by atoms with E-state index in [1.165, 1.54) is 0 Å². The van der Waals surface area contributed by atoms with Gasteiger partial charge >= 0.3 is 0 Å². The second kappa shape index (κ2) is 11.4. The minimum atomic E-state index is -1.53. The van der Waals surface area contributed by atoms with Gasteiger partial charge in [-0.25, -0.2) is 0 Å². The molecule has 14 unspecified atom stereocenters. The Balaban J connectivity index is 1.22. The van der Waals surface area contributed by atoms with Gasteiger partial charge in [-0.3, -0.25) is 10.1 Å². The minimum absolute atomic E-state index is 0.0262. The molecule has 0 aromatic heterocycles. The lowest BCUT2D eigenvalue weighted by Crippen LogP contribution is -2.63. The number of carbonyl (C=O) groups excluding carboxylic acids is 1. The highest BCUT2D eigenvalue weighted by Crippen LogP contribution is 2.69. The van der Waals surface area contributed by atoms with Crippen LogP contribution in [0.3, 0.4) is 0 Å². The van der Waals surface area contributed by atoms with Crippen LogP contribution >= 0.6 is 0 Å². The van der Waals surface area contributed by atoms with Crippen molar-refractivity contribution in [1.29, 1.82) is 0 Å². The number of allylic oxidation sites excluding steroid dienone is 1. The number of hydrogen-bond donors (Lipinski definition) is 5. The number of nitrogens with one attached hydrogen (secondary N) is 1. The zero-order chi connectivity index (χ0) is 30.9. The Labute approximate surface area is 256 Å². The van der Waals surface area contributed by atoms with Crippen molar-refractivity contribution < 1.29 is 39.4 Å². The molecule has 2 heterocycles. The van der Waals surface area contributed by atoms with Crippen molar-refractivity contribution in [3.05, 3.63) is 11.6 Å². The Kier molecular flexibility index (Phi) is 8.50. The molecule has 0 aromatic rings. The van der Waals surface area contributed by atoms with Crippen molar-refractivity contribution >= 4 is 5.78 Å². The number of aliphatic hydroxyl groups is 4. The van der Waals surface area contributed by atoms with Crippen LogP contribution in [0.4, 0.5) is 0 Å². The van der Waals surface area contributed by atoms with Gasteiger partial charge < -0.3 is 34.6 Å². The van der Waals surface area contributed by atoms with Crippen molar-refractivity contribution in [1.82, 2.24) is 5.32 Å². The summed E-state index contributed by atoms with van der Waals surface area (Å²) >= 11 is 0. The average Bonchev–Trinajstić information content (AvgIpc) is 3.46. The van der Waals surface area contributed by atoms with Crippen molar-refractivity contribution in [3.8, 4) is 0 Å². The Hall–Kier alpha value is -0.910. The Morgan fingerprint density at radius 2 is 1.91 bits per heavy atom. The van der Waals surface area contributed by atoms with Gasteiger partial charge in [-0.2, -0.15) is 0 Å². The summed E-state index contributed by atoms with van der Waals surface area (Å²) in [5.74, 6) is -0.230. The highest BCUT2D eigenvalue weighted by Gasteiger charge is 2.69. The molecule has 0 radical (unpaired) electrons. The summed E-state index contributed by atoms with van der Waals surface area (Å²) in [5.41, 5.74) is -2.84. The third-order valence-corrected chi connectivity index (χ3v) is 13.6. The van der Waals surface area contributed by atoms with E-state index < -0.39 is 41.2 Å². The van der Waals surface area contributed by atoms with Gasteiger partial charge in [-0.15, -0.1) is 0 Å². The first-order chi connectivity index (χ1) is 20.3. The number of piperidine rings is 1. The standard InChI is InChI=1S/C34H55NO8/c1-19-21-10-14-35-30(38)28(21)43-27(19)29(37)33(4,39)26-9-13-34(40)23-18-25(36)24-17-20(42-16-6-15-41-5)7-11-31(24,2)22(23)8-12-32(26,34)3/h18-22,24,26-30,35,37-40H,6-17H2,1-5H3. The van der Waals surface area contributed by atoms with Gasteiger partial charge in [0.1, 0.15) is 18.4 Å². The Morgan fingerprint density at radius 3 is 2.63 bits per heavy atom. The molecule has 2 saturated heterocycles. The molecule has 14 atom stereocenters.